The van der Waals surface area contributed by atoms with Gasteiger partial charge in [-0.15, -0.1) is 0 Å². The average molecular weight is 359 g/mol. The van der Waals surface area contributed by atoms with Crippen molar-refractivity contribution in [2.24, 2.45) is 45.3 Å². The fraction of sp³-hybridized carbons (Fsp3) is 0.917. The molecule has 2 unspecified atom stereocenters. The minimum Gasteiger partial charge on any atom is -0.300 e. The van der Waals surface area contributed by atoms with Crippen LogP contribution in [0.1, 0.15) is 92.9 Å². The number of Topliss-reactive ketones (excluding diaryl/α,β-unsaturated/α-hetero) is 2. The van der Waals surface area contributed by atoms with Crippen LogP contribution in [0.3, 0.4) is 0 Å². The van der Waals surface area contributed by atoms with Gasteiger partial charge in [-0.05, 0) is 72.0 Å². The first-order valence-corrected chi connectivity index (χ1v) is 11.0. The van der Waals surface area contributed by atoms with Gasteiger partial charge in [-0.2, -0.15) is 0 Å². The summed E-state index contributed by atoms with van der Waals surface area (Å²) in [7, 11) is 0. The standard InChI is InChI=1S/C24H38O2/c1-15(2)17-7-8-18-22(17,4)11-10-19-23(5)12-9-16(25)13-21(23,3)14-20(26)24(18,19)6/h15,17-19H,7-14H2,1-6H3/t17-,18?,19?,21+,22-,23-,24+/m1/s1. The van der Waals surface area contributed by atoms with E-state index in [4.69, 9.17) is 0 Å². The molecule has 2 nitrogen and oxygen atoms in total. The van der Waals surface area contributed by atoms with Gasteiger partial charge in [0.2, 0.25) is 0 Å². The number of carbonyl (C=O) groups excluding carboxylic acids is 2. The van der Waals surface area contributed by atoms with Crippen LogP contribution in [0.5, 0.6) is 0 Å². The zero-order valence-corrected chi connectivity index (χ0v) is 17.8. The van der Waals surface area contributed by atoms with E-state index >= 15 is 0 Å². The number of rotatable bonds is 1. The van der Waals surface area contributed by atoms with Crippen LogP contribution in [0, 0.1) is 45.3 Å². The zero-order chi connectivity index (χ0) is 19.1. The molecule has 4 fully saturated rings. The molecule has 4 rings (SSSR count). The minimum absolute atomic E-state index is 0.118. The fourth-order valence-electron chi connectivity index (χ4n) is 8.90. The van der Waals surface area contributed by atoms with Crippen molar-refractivity contribution in [1.82, 2.24) is 0 Å². The Kier molecular flexibility index (Phi) is 3.92. The molecule has 0 heterocycles. The summed E-state index contributed by atoms with van der Waals surface area (Å²) in [5, 5.41) is 0. The van der Waals surface area contributed by atoms with Crippen molar-refractivity contribution in [3.8, 4) is 0 Å². The Morgan fingerprint density at radius 2 is 1.58 bits per heavy atom. The number of hydrogen-bond donors (Lipinski definition) is 0. The molecule has 4 aliphatic rings. The summed E-state index contributed by atoms with van der Waals surface area (Å²) in [6.07, 6.45) is 7.94. The Morgan fingerprint density at radius 3 is 2.23 bits per heavy atom. The van der Waals surface area contributed by atoms with Crippen LogP contribution in [0.2, 0.25) is 0 Å². The van der Waals surface area contributed by atoms with E-state index in [2.05, 4.69) is 41.5 Å². The van der Waals surface area contributed by atoms with Crippen LogP contribution < -0.4 is 0 Å². The second-order valence-electron chi connectivity index (χ2n) is 11.7. The van der Waals surface area contributed by atoms with Crippen molar-refractivity contribution in [2.75, 3.05) is 0 Å². The molecule has 0 saturated heterocycles. The number of carbonyl (C=O) groups is 2. The maximum absolute atomic E-state index is 13.7. The third-order valence-electron chi connectivity index (χ3n) is 10.4. The van der Waals surface area contributed by atoms with Crippen LogP contribution in [0.25, 0.3) is 0 Å². The van der Waals surface area contributed by atoms with Crippen molar-refractivity contribution < 1.29 is 9.59 Å². The van der Waals surface area contributed by atoms with E-state index < -0.39 is 0 Å². The molecule has 0 aromatic heterocycles. The largest absolute Gasteiger partial charge is 0.300 e. The molecule has 0 bridgehead atoms. The lowest BCUT2D eigenvalue weighted by Crippen LogP contribution is -2.65. The van der Waals surface area contributed by atoms with Gasteiger partial charge in [0.05, 0.1) is 0 Å². The summed E-state index contributed by atoms with van der Waals surface area (Å²) < 4.78 is 0. The molecule has 0 aromatic rings. The van der Waals surface area contributed by atoms with Gasteiger partial charge in [0.1, 0.15) is 11.6 Å². The third kappa shape index (κ3) is 2.05. The topological polar surface area (TPSA) is 34.1 Å². The van der Waals surface area contributed by atoms with Crippen LogP contribution in [0.15, 0.2) is 0 Å². The van der Waals surface area contributed by atoms with E-state index in [1.165, 1.54) is 25.7 Å². The van der Waals surface area contributed by atoms with Gasteiger partial charge < -0.3 is 0 Å². The predicted octanol–water partition coefficient (Wildman–Crippen LogP) is 5.83. The molecule has 4 saturated carbocycles. The zero-order valence-electron chi connectivity index (χ0n) is 17.8. The Labute approximate surface area is 159 Å². The van der Waals surface area contributed by atoms with Gasteiger partial charge in [0.25, 0.3) is 0 Å². The van der Waals surface area contributed by atoms with Gasteiger partial charge in [-0.3, -0.25) is 9.59 Å². The minimum atomic E-state index is -0.175. The van der Waals surface area contributed by atoms with Crippen molar-refractivity contribution in [1.29, 1.82) is 0 Å². The van der Waals surface area contributed by atoms with E-state index in [0.717, 1.165) is 18.8 Å². The molecular weight excluding hydrogens is 320 g/mol. The summed E-state index contributed by atoms with van der Waals surface area (Å²) in [6.45, 7) is 14.3. The van der Waals surface area contributed by atoms with E-state index in [1.807, 2.05) is 0 Å². The van der Waals surface area contributed by atoms with Gasteiger partial charge >= 0.3 is 0 Å². The van der Waals surface area contributed by atoms with Gasteiger partial charge in [0.15, 0.2) is 0 Å². The SMILES string of the molecule is CC(C)[C@H]1CCC2[C@]3(C)C(=O)C[C@]4(C)CC(=O)CC[C@]4(C)C3CC[C@@]21C. The van der Waals surface area contributed by atoms with Crippen LogP contribution >= 0.6 is 0 Å². The van der Waals surface area contributed by atoms with Crippen molar-refractivity contribution in [2.45, 2.75) is 92.9 Å². The van der Waals surface area contributed by atoms with Crippen molar-refractivity contribution in [3.63, 3.8) is 0 Å². The van der Waals surface area contributed by atoms with E-state index in [1.54, 1.807) is 0 Å². The van der Waals surface area contributed by atoms with Gasteiger partial charge in [0, 0.05) is 24.7 Å². The molecule has 7 atom stereocenters. The predicted molar refractivity (Wildman–Crippen MR) is 105 cm³/mol. The summed E-state index contributed by atoms with van der Waals surface area (Å²) in [5.74, 6) is 3.32. The lowest BCUT2D eigenvalue weighted by Gasteiger charge is -2.67. The second-order valence-corrected chi connectivity index (χ2v) is 11.7. The molecule has 0 aromatic carbocycles. The smallest absolute Gasteiger partial charge is 0.139 e. The lowest BCUT2D eigenvalue weighted by atomic mass is 9.35. The summed E-state index contributed by atoms with van der Waals surface area (Å²) in [5.41, 5.74) is 0.170. The normalized spacial score (nSPS) is 54.0. The molecule has 0 spiro atoms. The molecule has 0 N–H and O–H groups in total. The Morgan fingerprint density at radius 1 is 0.885 bits per heavy atom. The highest BCUT2D eigenvalue weighted by atomic mass is 16.1. The first kappa shape index (κ1) is 18.7. The molecule has 4 aliphatic carbocycles. The van der Waals surface area contributed by atoms with Crippen LogP contribution in [-0.2, 0) is 9.59 Å². The van der Waals surface area contributed by atoms with Gasteiger partial charge in [-0.25, -0.2) is 0 Å². The third-order valence-corrected chi connectivity index (χ3v) is 10.4. The van der Waals surface area contributed by atoms with E-state index in [-0.39, 0.29) is 16.2 Å². The molecule has 146 valence electrons. The first-order chi connectivity index (χ1) is 12.0. The monoisotopic (exact) mass is 358 g/mol. The number of fused-ring (bicyclic) bond motifs is 5. The highest BCUT2D eigenvalue weighted by Crippen LogP contribution is 2.74. The number of hydrogen-bond acceptors (Lipinski definition) is 2. The summed E-state index contributed by atoms with van der Waals surface area (Å²) >= 11 is 0. The molecule has 0 amide bonds. The maximum Gasteiger partial charge on any atom is 0.139 e. The highest BCUT2D eigenvalue weighted by Gasteiger charge is 2.70. The van der Waals surface area contributed by atoms with Crippen LogP contribution in [-0.4, -0.2) is 11.6 Å². The first-order valence-electron chi connectivity index (χ1n) is 11.0. The summed E-state index contributed by atoms with van der Waals surface area (Å²) in [4.78, 5) is 26.0. The van der Waals surface area contributed by atoms with Crippen molar-refractivity contribution >= 4 is 11.6 Å². The van der Waals surface area contributed by atoms with Crippen LogP contribution in [0.4, 0.5) is 0 Å². The Bertz CT molecular complexity index is 651. The Balaban J connectivity index is 1.78. The Hall–Kier alpha value is -0.660. The van der Waals surface area contributed by atoms with E-state index in [9.17, 15) is 9.59 Å². The molecule has 0 radical (unpaired) electrons. The van der Waals surface area contributed by atoms with E-state index in [0.29, 0.717) is 47.6 Å². The highest BCUT2D eigenvalue weighted by molar-refractivity contribution is 5.89. The molecular formula is C24H38O2. The molecule has 0 aliphatic heterocycles. The lowest BCUT2D eigenvalue weighted by molar-refractivity contribution is -0.198. The molecule has 26 heavy (non-hydrogen) atoms. The van der Waals surface area contributed by atoms with Crippen molar-refractivity contribution in [3.05, 3.63) is 0 Å². The van der Waals surface area contributed by atoms with Gasteiger partial charge in [-0.1, -0.05) is 41.5 Å². The fourth-order valence-corrected chi connectivity index (χ4v) is 8.90. The molecule has 2 heteroatoms. The maximum atomic E-state index is 13.7. The second kappa shape index (κ2) is 5.45. The number of ketones is 2. The summed E-state index contributed by atoms with van der Waals surface area (Å²) in [6, 6.07) is 0. The average Bonchev–Trinajstić information content (AvgIpc) is 2.89. The quantitative estimate of drug-likeness (QED) is 0.591.